The summed E-state index contributed by atoms with van der Waals surface area (Å²) in [5, 5.41) is 0. The molecule has 0 aliphatic carbocycles. The van der Waals surface area contributed by atoms with Gasteiger partial charge in [0.15, 0.2) is 0 Å². The first kappa shape index (κ1) is 13.4. The molecule has 0 aromatic heterocycles. The molecule has 6 heteroatoms. The molecule has 0 amide bonds. The van der Waals surface area contributed by atoms with E-state index in [0.29, 0.717) is 5.56 Å². The molecule has 0 aliphatic heterocycles. The molecule has 1 aromatic carbocycles. The molecule has 2 nitrogen and oxygen atoms in total. The Hall–Kier alpha value is -0.630. The van der Waals surface area contributed by atoms with Crippen LogP contribution < -0.4 is 5.73 Å². The zero-order chi connectivity index (χ0) is 12.3. The molecule has 0 aliphatic rings. The molecule has 0 fully saturated rings. The normalized spacial score (nSPS) is 13.6. The zero-order valence-electron chi connectivity index (χ0n) is 8.09. The van der Waals surface area contributed by atoms with Crippen LogP contribution in [0.15, 0.2) is 24.3 Å². The van der Waals surface area contributed by atoms with E-state index in [4.69, 9.17) is 5.73 Å². The molecule has 16 heavy (non-hydrogen) atoms. The summed E-state index contributed by atoms with van der Waals surface area (Å²) in [7, 11) is 0. The van der Waals surface area contributed by atoms with Crippen molar-refractivity contribution in [1.29, 1.82) is 0 Å². The van der Waals surface area contributed by atoms with Gasteiger partial charge in [0.1, 0.15) is 0 Å². The molecule has 0 radical (unpaired) electrons. The molecule has 1 atom stereocenters. The molecule has 0 bridgehead atoms. The average molecular weight is 343 g/mol. The van der Waals surface area contributed by atoms with Crippen LogP contribution in [0.25, 0.3) is 0 Å². The number of carbonyl (C=O) groups is 1. The van der Waals surface area contributed by atoms with Crippen LogP contribution in [-0.4, -0.2) is 9.83 Å². The summed E-state index contributed by atoms with van der Waals surface area (Å²) in [6.45, 7) is 0. The lowest BCUT2D eigenvalue weighted by atomic mass is 10.0. The maximum atomic E-state index is 12.4. The summed E-state index contributed by atoms with van der Waals surface area (Å²) in [5.41, 5.74) is 5.15. The van der Waals surface area contributed by atoms with Gasteiger partial charge in [-0.25, -0.2) is 0 Å². The molecule has 2 N–H and O–H groups in total. The third-order valence-electron chi connectivity index (χ3n) is 2.00. The quantitative estimate of drug-likeness (QED) is 0.677. The van der Waals surface area contributed by atoms with Crippen molar-refractivity contribution in [3.8, 4) is 0 Å². The van der Waals surface area contributed by atoms with Gasteiger partial charge < -0.3 is 5.73 Å². The summed E-state index contributed by atoms with van der Waals surface area (Å²) >= 11 is 1.53. The lowest BCUT2D eigenvalue weighted by Crippen LogP contribution is -2.28. The van der Waals surface area contributed by atoms with Gasteiger partial charge in [-0.15, -0.1) is 0 Å². The van der Waals surface area contributed by atoms with Crippen LogP contribution >= 0.6 is 22.6 Å². The average Bonchev–Trinajstić information content (AvgIpc) is 2.16. The lowest BCUT2D eigenvalue weighted by molar-refractivity contribution is -0.137. The number of hydrogen-bond donors (Lipinski definition) is 1. The van der Waals surface area contributed by atoms with E-state index in [2.05, 4.69) is 0 Å². The van der Waals surface area contributed by atoms with Gasteiger partial charge in [0.05, 0.1) is 11.6 Å². The van der Waals surface area contributed by atoms with Crippen molar-refractivity contribution in [3.63, 3.8) is 0 Å². The summed E-state index contributed by atoms with van der Waals surface area (Å²) in [4.78, 5) is 10.9. The molecule has 0 unspecified atom stereocenters. The van der Waals surface area contributed by atoms with Crippen molar-refractivity contribution in [2.45, 2.75) is 18.6 Å². The Morgan fingerprint density at radius 2 is 2.06 bits per heavy atom. The summed E-state index contributed by atoms with van der Waals surface area (Å²) in [5.74, 6) is 0. The van der Waals surface area contributed by atoms with Crippen LogP contribution in [0.1, 0.15) is 11.1 Å². The first-order valence-electron chi connectivity index (χ1n) is 4.42. The molecule has 0 heterocycles. The van der Waals surface area contributed by atoms with Crippen molar-refractivity contribution in [2.24, 2.45) is 5.73 Å². The van der Waals surface area contributed by atoms with Gasteiger partial charge in [-0.1, -0.05) is 18.2 Å². The van der Waals surface area contributed by atoms with Crippen molar-refractivity contribution in [2.75, 3.05) is 0 Å². The largest absolute Gasteiger partial charge is 0.416 e. The fourth-order valence-corrected chi connectivity index (χ4v) is 1.43. The van der Waals surface area contributed by atoms with E-state index >= 15 is 0 Å². The second-order valence-electron chi connectivity index (χ2n) is 3.31. The number of benzene rings is 1. The highest BCUT2D eigenvalue weighted by Gasteiger charge is 2.30. The zero-order valence-corrected chi connectivity index (χ0v) is 10.2. The predicted molar refractivity (Wildman–Crippen MR) is 62.2 cm³/mol. The van der Waals surface area contributed by atoms with Crippen LogP contribution in [-0.2, 0) is 17.4 Å². The van der Waals surface area contributed by atoms with Gasteiger partial charge in [0, 0.05) is 22.6 Å². The first-order chi connectivity index (χ1) is 7.30. The van der Waals surface area contributed by atoms with Gasteiger partial charge in [-0.05, 0) is 18.1 Å². The van der Waals surface area contributed by atoms with Crippen LogP contribution in [0, 0.1) is 0 Å². The molecule has 1 rings (SSSR count). The van der Waals surface area contributed by atoms with E-state index in [1.54, 1.807) is 0 Å². The summed E-state index contributed by atoms with van der Waals surface area (Å²) in [6.07, 6.45) is -4.25. The van der Waals surface area contributed by atoms with E-state index in [-0.39, 0.29) is 10.2 Å². The maximum absolute atomic E-state index is 12.4. The van der Waals surface area contributed by atoms with Crippen LogP contribution in [0.5, 0.6) is 0 Å². The van der Waals surface area contributed by atoms with E-state index < -0.39 is 17.8 Å². The van der Waals surface area contributed by atoms with E-state index in [0.717, 1.165) is 12.1 Å². The molecule has 0 saturated carbocycles. The number of alkyl halides is 3. The number of nitrogens with two attached hydrogens (primary N) is 1. The fourth-order valence-electron chi connectivity index (χ4n) is 1.21. The highest BCUT2D eigenvalue weighted by atomic mass is 127. The smallest absolute Gasteiger partial charge is 0.321 e. The van der Waals surface area contributed by atoms with Crippen molar-refractivity contribution >= 4 is 26.4 Å². The Labute approximate surface area is 104 Å². The predicted octanol–water partition coefficient (Wildman–Crippen LogP) is 2.54. The molecular formula is C10H9F3INO. The van der Waals surface area contributed by atoms with Crippen LogP contribution in [0.3, 0.4) is 0 Å². The molecule has 88 valence electrons. The Kier molecular flexibility index (Phi) is 4.31. The summed E-state index contributed by atoms with van der Waals surface area (Å²) < 4.78 is 36.8. The number of hydrogen-bond acceptors (Lipinski definition) is 2. The number of rotatable bonds is 3. The van der Waals surface area contributed by atoms with Crippen molar-refractivity contribution < 1.29 is 18.0 Å². The van der Waals surface area contributed by atoms with Gasteiger partial charge in [0.25, 0.3) is 0 Å². The Bertz CT molecular complexity index is 392. The third kappa shape index (κ3) is 3.75. The summed E-state index contributed by atoms with van der Waals surface area (Å²) in [6, 6.07) is 4.07. The van der Waals surface area contributed by atoms with E-state index in [1.807, 2.05) is 0 Å². The Morgan fingerprint density at radius 1 is 1.44 bits per heavy atom. The second kappa shape index (κ2) is 5.13. The Balaban J connectivity index is 2.87. The minimum absolute atomic E-state index is 0.117. The van der Waals surface area contributed by atoms with E-state index in [9.17, 15) is 18.0 Å². The molecular weight excluding hydrogens is 334 g/mol. The highest BCUT2D eigenvalue weighted by molar-refractivity contribution is 14.1. The van der Waals surface area contributed by atoms with E-state index in [1.165, 1.54) is 34.7 Å². The van der Waals surface area contributed by atoms with Gasteiger partial charge in [0.2, 0.25) is 3.79 Å². The molecule has 0 spiro atoms. The first-order valence-corrected chi connectivity index (χ1v) is 5.49. The number of halogens is 4. The van der Waals surface area contributed by atoms with Crippen LogP contribution in [0.2, 0.25) is 0 Å². The minimum Gasteiger partial charge on any atom is -0.321 e. The lowest BCUT2D eigenvalue weighted by Gasteiger charge is -2.10. The fraction of sp³-hybridized carbons (Fsp3) is 0.300. The standard InChI is InChI=1S/C10H9F3INO/c11-10(12,13)7-3-1-2-6(4-7)5-8(15)9(14)16/h1-4,8H,5,15H2/t8-/m1/s1. The topological polar surface area (TPSA) is 43.1 Å². The maximum Gasteiger partial charge on any atom is 0.416 e. The number of carbonyl (C=O) groups excluding carboxylic acids is 1. The van der Waals surface area contributed by atoms with Crippen LogP contribution in [0.4, 0.5) is 13.2 Å². The van der Waals surface area contributed by atoms with Gasteiger partial charge >= 0.3 is 6.18 Å². The Morgan fingerprint density at radius 3 is 2.56 bits per heavy atom. The van der Waals surface area contributed by atoms with Crippen molar-refractivity contribution in [3.05, 3.63) is 35.4 Å². The monoisotopic (exact) mass is 343 g/mol. The minimum atomic E-state index is -4.37. The molecule has 0 saturated heterocycles. The molecule has 1 aromatic rings. The second-order valence-corrected chi connectivity index (χ2v) is 4.38. The van der Waals surface area contributed by atoms with Crippen molar-refractivity contribution in [1.82, 2.24) is 0 Å². The van der Waals surface area contributed by atoms with Gasteiger partial charge in [-0.3, -0.25) is 4.79 Å². The third-order valence-corrected chi connectivity index (χ3v) is 2.80. The van der Waals surface area contributed by atoms with Gasteiger partial charge in [-0.2, -0.15) is 13.2 Å². The highest BCUT2D eigenvalue weighted by Crippen LogP contribution is 2.29. The SMILES string of the molecule is N[C@H](Cc1cccc(C(F)(F)F)c1)C(=O)I.